The molecule has 2 unspecified atom stereocenters. The molecule has 0 aliphatic carbocycles. The van der Waals surface area contributed by atoms with Gasteiger partial charge in [0.05, 0.1) is 0 Å². The van der Waals surface area contributed by atoms with E-state index in [0.29, 0.717) is 0 Å². The molecule has 1 aliphatic rings. The molecule has 0 aromatic carbocycles. The van der Waals surface area contributed by atoms with Gasteiger partial charge in [-0.25, -0.2) is 0 Å². The van der Waals surface area contributed by atoms with E-state index in [0.717, 1.165) is 0 Å². The molecule has 1 fully saturated rings. The summed E-state index contributed by atoms with van der Waals surface area (Å²) in [6.45, 7) is 0. The van der Waals surface area contributed by atoms with Crippen molar-refractivity contribution in [2.24, 2.45) is 0 Å². The van der Waals surface area contributed by atoms with E-state index >= 15 is 0 Å². The summed E-state index contributed by atoms with van der Waals surface area (Å²) in [6, 6.07) is 0. The van der Waals surface area contributed by atoms with Crippen molar-refractivity contribution in [3.8, 4) is 0 Å². The van der Waals surface area contributed by atoms with Gasteiger partial charge in [-0.05, 0) is 0 Å². The lowest BCUT2D eigenvalue weighted by molar-refractivity contribution is 2.39. The third-order valence-electron chi connectivity index (χ3n) is 0.287. The molecule has 3 heteroatoms. The normalized spacial score (nSPS) is 36.5. The van der Waals surface area contributed by atoms with Crippen molar-refractivity contribution in [3.05, 3.63) is 0 Å². The Kier molecular flexibility index (Phi) is 0.765. The van der Waals surface area contributed by atoms with Crippen molar-refractivity contribution in [3.63, 3.8) is 0 Å². The fraction of sp³-hybridized carbons (Fsp3) is 1.00. The highest BCUT2D eigenvalue weighted by atomic mass is 32.6. The largest absolute Gasteiger partial charge is 0.202 e. The lowest BCUT2D eigenvalue weighted by Gasteiger charge is -1.08. The van der Waals surface area contributed by atoms with Crippen LogP contribution in [0, 0.1) is 0 Å². The molecule has 2 atom stereocenters. The molecule has 0 bridgehead atoms. The van der Waals surface area contributed by atoms with Crippen molar-refractivity contribution < 1.29 is 0 Å². The zero-order chi connectivity index (χ0) is 2.99. The summed E-state index contributed by atoms with van der Waals surface area (Å²) in [5, 5.41) is 0. The van der Waals surface area contributed by atoms with Gasteiger partial charge < -0.3 is 0 Å². The summed E-state index contributed by atoms with van der Waals surface area (Å²) in [6.07, 6.45) is 0.241. The summed E-state index contributed by atoms with van der Waals surface area (Å²) in [5.74, 6) is 1.39. The minimum atomic E-state index is 0.241. The Morgan fingerprint density at radius 3 is 2.25 bits per heavy atom. The number of hydrogen-bond acceptors (Lipinski definition) is 1. The van der Waals surface area contributed by atoms with E-state index < -0.39 is 0 Å². The average Bonchev–Trinajstić information content (AvgIpc) is 1.75. The molecule has 1 rings (SSSR count). The maximum absolute atomic E-state index is 4.81. The maximum atomic E-state index is 4.81. The highest BCUT2D eigenvalue weighted by Crippen LogP contribution is 2.66. The molecule has 1 aliphatic heterocycles. The zero-order valence-corrected chi connectivity index (χ0v) is 4.77. The van der Waals surface area contributed by atoms with Gasteiger partial charge in [-0.2, -0.15) is 0 Å². The first-order chi connectivity index (χ1) is 1.89. The monoisotopic (exact) mass is 109 g/mol. The van der Waals surface area contributed by atoms with Gasteiger partial charge in [0.1, 0.15) is 0 Å². The second kappa shape index (κ2) is 0.971. The van der Waals surface area contributed by atoms with E-state index in [-0.39, 0.29) is 6.39 Å². The molecule has 1 heterocycles. The van der Waals surface area contributed by atoms with Gasteiger partial charge in [-0.3, -0.25) is 0 Å². The van der Waals surface area contributed by atoms with Crippen molar-refractivity contribution in [2.75, 3.05) is 5.90 Å². The van der Waals surface area contributed by atoms with Crippen molar-refractivity contribution in [1.82, 2.24) is 0 Å². The van der Waals surface area contributed by atoms with Crippen LogP contribution in [0.1, 0.15) is 0 Å². The summed E-state index contributed by atoms with van der Waals surface area (Å²) in [4.78, 5) is 0. The van der Waals surface area contributed by atoms with Crippen molar-refractivity contribution in [1.29, 1.82) is 0 Å². The first-order valence-corrected chi connectivity index (χ1v) is 5.66. The fourth-order valence-corrected chi connectivity index (χ4v) is 2.34. The Balaban J connectivity index is 2.60. The van der Waals surface area contributed by atoms with Gasteiger partial charge in [0.15, 0.2) is 26.0 Å². The molecule has 0 nitrogen and oxygen atoms in total. The topological polar surface area (TPSA) is 0 Å². The smallest absolute Gasteiger partial charge is 0.161 e. The molecule has 0 N–H and O–H groups in total. The lowest BCUT2D eigenvalue weighted by Crippen LogP contribution is -1.00. The minimum Gasteiger partial charge on any atom is 0.161 e. The van der Waals surface area contributed by atoms with E-state index in [4.69, 9.17) is 11.8 Å². The van der Waals surface area contributed by atoms with Crippen LogP contribution in [-0.4, -0.2) is 5.90 Å². The van der Waals surface area contributed by atoms with Crippen LogP contribution in [0.2, 0.25) is 0 Å². The SMILES string of the molecule is S=[P+]1CP1. The zero-order valence-electron chi connectivity index (χ0n) is 2.06. The molecule has 0 aromatic heterocycles. The second-order valence-electron chi connectivity index (χ2n) is 0.695. The van der Waals surface area contributed by atoms with E-state index in [2.05, 4.69) is 0 Å². The van der Waals surface area contributed by atoms with Gasteiger partial charge in [-0.1, -0.05) is 0 Å². The predicted octanol–water partition coefficient (Wildman–Crippen LogP) is 1.49. The molecule has 22 valence electrons. The number of hydrogen-bond donors (Lipinski definition) is 0. The number of rotatable bonds is 0. The van der Waals surface area contributed by atoms with Gasteiger partial charge in [0.2, 0.25) is 6.39 Å². The Hall–Kier alpha value is 0.950. The molecular formula is CH3P2S+. The maximum Gasteiger partial charge on any atom is 0.202 e. The quantitative estimate of drug-likeness (QED) is 0.425. The highest BCUT2D eigenvalue weighted by molar-refractivity contribution is 8.51. The molecule has 0 aromatic rings. The first-order valence-electron chi connectivity index (χ1n) is 1.08. The van der Waals surface area contributed by atoms with E-state index in [9.17, 15) is 0 Å². The Bertz CT molecular complexity index is 44.0. The fourth-order valence-electron chi connectivity index (χ4n) is 0.0289. The van der Waals surface area contributed by atoms with Crippen LogP contribution in [0.4, 0.5) is 0 Å². The summed E-state index contributed by atoms with van der Waals surface area (Å²) in [7, 11) is 1.19. The lowest BCUT2D eigenvalue weighted by atomic mass is 11.9. The Labute approximate surface area is 33.1 Å². The minimum absolute atomic E-state index is 0.241. The highest BCUT2D eigenvalue weighted by Gasteiger charge is 2.27. The van der Waals surface area contributed by atoms with Gasteiger partial charge >= 0.3 is 0 Å². The molecule has 1 saturated heterocycles. The van der Waals surface area contributed by atoms with Crippen molar-refractivity contribution in [2.45, 2.75) is 0 Å². The second-order valence-corrected chi connectivity index (χ2v) is 7.90. The molecule has 0 spiro atoms. The average molecular weight is 109 g/mol. The van der Waals surface area contributed by atoms with Gasteiger partial charge in [0, 0.05) is 0 Å². The van der Waals surface area contributed by atoms with Crippen LogP contribution in [0.15, 0.2) is 0 Å². The van der Waals surface area contributed by atoms with E-state index in [1.54, 1.807) is 0 Å². The Morgan fingerprint density at radius 2 is 2.25 bits per heavy atom. The third kappa shape index (κ3) is 0.719. The van der Waals surface area contributed by atoms with Crippen LogP contribution in [0.5, 0.6) is 0 Å². The summed E-state index contributed by atoms with van der Waals surface area (Å²) < 4.78 is 0. The molecule has 0 radical (unpaired) electrons. The molecule has 0 saturated carbocycles. The molecule has 4 heavy (non-hydrogen) atoms. The van der Waals surface area contributed by atoms with Crippen LogP contribution >= 0.6 is 14.7 Å². The van der Waals surface area contributed by atoms with Crippen LogP contribution in [-0.2, 0) is 11.8 Å². The van der Waals surface area contributed by atoms with E-state index in [1.807, 2.05) is 0 Å². The van der Waals surface area contributed by atoms with Crippen molar-refractivity contribution >= 4 is 26.5 Å². The first kappa shape index (κ1) is 3.15. The van der Waals surface area contributed by atoms with Crippen LogP contribution in [0.25, 0.3) is 0 Å². The summed E-state index contributed by atoms with van der Waals surface area (Å²) in [5.41, 5.74) is 0. The third-order valence-corrected chi connectivity index (χ3v) is 4.91. The predicted molar refractivity (Wildman–Crippen MR) is 27.5 cm³/mol. The van der Waals surface area contributed by atoms with E-state index in [1.165, 1.54) is 14.2 Å². The Morgan fingerprint density at radius 1 is 2.00 bits per heavy atom. The molecule has 0 amide bonds. The summed E-state index contributed by atoms with van der Waals surface area (Å²) >= 11 is 4.81. The van der Waals surface area contributed by atoms with Crippen LogP contribution in [0.3, 0.4) is 0 Å². The van der Waals surface area contributed by atoms with Crippen LogP contribution < -0.4 is 0 Å². The molecular weight excluding hydrogens is 106 g/mol. The van der Waals surface area contributed by atoms with Gasteiger partial charge in [0.25, 0.3) is 0 Å². The standard InChI is InChI=1S/CH3P2S/c4-3-1-2-3/h2H,1H2/q+1. The van der Waals surface area contributed by atoms with Gasteiger partial charge in [-0.15, -0.1) is 0 Å².